The van der Waals surface area contributed by atoms with Crippen molar-refractivity contribution in [3.05, 3.63) is 18.0 Å². The van der Waals surface area contributed by atoms with Crippen molar-refractivity contribution in [1.29, 1.82) is 0 Å². The minimum Gasteiger partial charge on any atom is -0.396 e. The van der Waals surface area contributed by atoms with Gasteiger partial charge in [0.25, 0.3) is 0 Å². The normalized spacial score (nSPS) is 24.3. The number of amides is 1. The maximum Gasteiger partial charge on any atom is 0.222 e. The minimum atomic E-state index is -0.640. The number of carbonyl (C=O) groups is 1. The number of hydrogen-bond donors (Lipinski definition) is 2. The van der Waals surface area contributed by atoms with Crippen molar-refractivity contribution in [2.75, 3.05) is 33.4 Å². The molecule has 1 aliphatic rings. The van der Waals surface area contributed by atoms with Crippen LogP contribution in [0.4, 0.5) is 0 Å². The van der Waals surface area contributed by atoms with Gasteiger partial charge in [-0.2, -0.15) is 5.10 Å². The van der Waals surface area contributed by atoms with Crippen LogP contribution in [0.2, 0.25) is 0 Å². The Balaban J connectivity index is 1.94. The standard InChI is InChI=1S/C17H29N3O4/c1-19-14(6-9-18-19)4-5-16(23)20-10-7-15(22)17(12-20,13-21)8-3-11-24-2/h6,9,15,21-22H,3-5,7-8,10-13H2,1-2H3/t15-,17+/m1/s1. The van der Waals surface area contributed by atoms with E-state index in [0.29, 0.717) is 45.4 Å². The molecule has 1 amide bonds. The number of nitrogens with zero attached hydrogens (tertiary/aromatic N) is 3. The van der Waals surface area contributed by atoms with Crippen LogP contribution in [0.15, 0.2) is 12.3 Å². The molecule has 1 aromatic rings. The van der Waals surface area contributed by atoms with Crippen LogP contribution in [0.1, 0.15) is 31.4 Å². The molecule has 2 rings (SSSR count). The average Bonchev–Trinajstić information content (AvgIpc) is 2.99. The molecule has 0 aliphatic carbocycles. The van der Waals surface area contributed by atoms with E-state index < -0.39 is 11.5 Å². The maximum atomic E-state index is 12.6. The molecule has 0 aromatic carbocycles. The summed E-state index contributed by atoms with van der Waals surface area (Å²) in [5, 5.41) is 24.4. The Morgan fingerprint density at radius 2 is 2.33 bits per heavy atom. The highest BCUT2D eigenvalue weighted by molar-refractivity contribution is 5.76. The topological polar surface area (TPSA) is 87.8 Å². The molecule has 136 valence electrons. The van der Waals surface area contributed by atoms with Crippen LogP contribution < -0.4 is 0 Å². The third kappa shape index (κ3) is 4.34. The number of aliphatic hydroxyl groups is 2. The second kappa shape index (κ2) is 8.60. The first-order valence-electron chi connectivity index (χ1n) is 8.55. The molecule has 0 spiro atoms. The van der Waals surface area contributed by atoms with E-state index in [1.54, 1.807) is 22.9 Å². The molecule has 2 heterocycles. The lowest BCUT2D eigenvalue weighted by atomic mass is 9.74. The van der Waals surface area contributed by atoms with Gasteiger partial charge in [0.15, 0.2) is 0 Å². The van der Waals surface area contributed by atoms with E-state index in [9.17, 15) is 15.0 Å². The Bertz CT molecular complexity index is 534. The van der Waals surface area contributed by atoms with E-state index in [-0.39, 0.29) is 12.5 Å². The van der Waals surface area contributed by atoms with Gasteiger partial charge in [0, 0.05) is 57.6 Å². The summed E-state index contributed by atoms with van der Waals surface area (Å²) in [5.74, 6) is 0.0627. The lowest BCUT2D eigenvalue weighted by Gasteiger charge is -2.45. The number of aromatic nitrogens is 2. The molecule has 1 saturated heterocycles. The number of hydrogen-bond acceptors (Lipinski definition) is 5. The van der Waals surface area contributed by atoms with Gasteiger partial charge in [-0.25, -0.2) is 0 Å². The molecule has 0 bridgehead atoms. The number of carbonyl (C=O) groups excluding carboxylic acids is 1. The first-order chi connectivity index (χ1) is 11.5. The zero-order valence-corrected chi connectivity index (χ0v) is 14.6. The molecule has 0 unspecified atom stereocenters. The average molecular weight is 339 g/mol. The van der Waals surface area contributed by atoms with E-state index in [1.807, 2.05) is 13.1 Å². The molecule has 1 fully saturated rings. The lowest BCUT2D eigenvalue weighted by molar-refractivity contribution is -0.142. The Morgan fingerprint density at radius 3 is 2.96 bits per heavy atom. The van der Waals surface area contributed by atoms with Gasteiger partial charge < -0.3 is 19.8 Å². The number of ether oxygens (including phenoxy) is 1. The summed E-state index contributed by atoms with van der Waals surface area (Å²) in [7, 11) is 3.50. The first-order valence-corrected chi connectivity index (χ1v) is 8.55. The molecule has 24 heavy (non-hydrogen) atoms. The second-order valence-corrected chi connectivity index (χ2v) is 6.68. The summed E-state index contributed by atoms with van der Waals surface area (Å²) in [4.78, 5) is 14.3. The van der Waals surface area contributed by atoms with E-state index in [0.717, 1.165) is 12.1 Å². The van der Waals surface area contributed by atoms with Gasteiger partial charge >= 0.3 is 0 Å². The van der Waals surface area contributed by atoms with Gasteiger partial charge in [0.1, 0.15) is 0 Å². The predicted molar refractivity (Wildman–Crippen MR) is 89.4 cm³/mol. The fraction of sp³-hybridized carbons (Fsp3) is 0.765. The van der Waals surface area contributed by atoms with Gasteiger partial charge in [-0.3, -0.25) is 9.48 Å². The van der Waals surface area contributed by atoms with Crippen molar-refractivity contribution in [3.8, 4) is 0 Å². The predicted octanol–water partition coefficient (Wildman–Crippen LogP) is 0.351. The minimum absolute atomic E-state index is 0.0627. The van der Waals surface area contributed by atoms with E-state index in [2.05, 4.69) is 5.10 Å². The van der Waals surface area contributed by atoms with Gasteiger partial charge in [-0.1, -0.05) is 0 Å². The van der Waals surface area contributed by atoms with Crippen LogP contribution in [0.3, 0.4) is 0 Å². The molecule has 2 atom stereocenters. The van der Waals surface area contributed by atoms with E-state index in [4.69, 9.17) is 4.74 Å². The van der Waals surface area contributed by atoms with E-state index in [1.165, 1.54) is 0 Å². The molecule has 7 nitrogen and oxygen atoms in total. The number of piperidine rings is 1. The highest BCUT2D eigenvalue weighted by Gasteiger charge is 2.43. The molecular weight excluding hydrogens is 310 g/mol. The van der Waals surface area contributed by atoms with Crippen molar-refractivity contribution in [2.24, 2.45) is 12.5 Å². The summed E-state index contributed by atoms with van der Waals surface area (Å²) in [6, 6.07) is 1.91. The summed E-state index contributed by atoms with van der Waals surface area (Å²) < 4.78 is 6.84. The van der Waals surface area contributed by atoms with Crippen LogP contribution in [0.25, 0.3) is 0 Å². The van der Waals surface area contributed by atoms with Gasteiger partial charge in [-0.05, 0) is 31.7 Å². The van der Waals surface area contributed by atoms with Crippen molar-refractivity contribution < 1.29 is 19.7 Å². The van der Waals surface area contributed by atoms with Crippen molar-refractivity contribution in [3.63, 3.8) is 0 Å². The molecule has 7 heteroatoms. The monoisotopic (exact) mass is 339 g/mol. The second-order valence-electron chi connectivity index (χ2n) is 6.68. The molecule has 2 N–H and O–H groups in total. The third-order valence-electron chi connectivity index (χ3n) is 5.09. The van der Waals surface area contributed by atoms with Crippen molar-refractivity contribution in [1.82, 2.24) is 14.7 Å². The highest BCUT2D eigenvalue weighted by Crippen LogP contribution is 2.35. The van der Waals surface area contributed by atoms with Crippen molar-refractivity contribution in [2.45, 2.75) is 38.2 Å². The van der Waals surface area contributed by atoms with Crippen LogP contribution in [0, 0.1) is 5.41 Å². The summed E-state index contributed by atoms with van der Waals surface area (Å²) >= 11 is 0. The first kappa shape index (κ1) is 18.9. The number of likely N-dealkylation sites (tertiary alicyclic amines) is 1. The molecule has 0 saturated carbocycles. The fourth-order valence-corrected chi connectivity index (χ4v) is 3.45. The molecule has 0 radical (unpaired) electrons. The van der Waals surface area contributed by atoms with Crippen molar-refractivity contribution >= 4 is 5.91 Å². The Morgan fingerprint density at radius 1 is 1.54 bits per heavy atom. The maximum absolute atomic E-state index is 12.6. The molecule has 1 aliphatic heterocycles. The van der Waals surface area contributed by atoms with Gasteiger partial charge in [-0.15, -0.1) is 0 Å². The quantitative estimate of drug-likeness (QED) is 0.668. The third-order valence-corrected chi connectivity index (χ3v) is 5.09. The van der Waals surface area contributed by atoms with Crippen LogP contribution in [-0.2, 0) is 23.0 Å². The zero-order valence-electron chi connectivity index (χ0n) is 14.6. The summed E-state index contributed by atoms with van der Waals surface area (Å²) in [6.07, 6.45) is 4.10. The van der Waals surface area contributed by atoms with Gasteiger partial charge in [0.2, 0.25) is 5.91 Å². The summed E-state index contributed by atoms with van der Waals surface area (Å²) in [5.41, 5.74) is 0.382. The summed E-state index contributed by atoms with van der Waals surface area (Å²) in [6.45, 7) is 1.41. The zero-order chi connectivity index (χ0) is 17.6. The molecular formula is C17H29N3O4. The highest BCUT2D eigenvalue weighted by atomic mass is 16.5. The largest absolute Gasteiger partial charge is 0.396 e. The fourth-order valence-electron chi connectivity index (χ4n) is 3.45. The Labute approximate surface area is 143 Å². The lowest BCUT2D eigenvalue weighted by Crippen LogP contribution is -2.55. The van der Waals surface area contributed by atoms with Gasteiger partial charge in [0.05, 0.1) is 12.7 Å². The SMILES string of the molecule is COCCC[C@@]1(CO)CN(C(=O)CCc2ccnn2C)CC[C@H]1O. The van der Waals surface area contributed by atoms with Crippen LogP contribution in [-0.4, -0.2) is 70.3 Å². The Kier molecular flexibility index (Phi) is 6.77. The van der Waals surface area contributed by atoms with Crippen LogP contribution in [0.5, 0.6) is 0 Å². The van der Waals surface area contributed by atoms with Crippen LogP contribution >= 0.6 is 0 Å². The number of methoxy groups -OCH3 is 1. The number of rotatable bonds is 8. The van der Waals surface area contributed by atoms with E-state index >= 15 is 0 Å². The molecule has 1 aromatic heterocycles. The Hall–Kier alpha value is -1.44. The smallest absolute Gasteiger partial charge is 0.222 e. The number of aliphatic hydroxyl groups excluding tert-OH is 2. The number of aryl methyl sites for hydroxylation is 2.